The van der Waals surface area contributed by atoms with Gasteiger partial charge in [-0.2, -0.15) is 0 Å². The van der Waals surface area contributed by atoms with E-state index in [4.69, 9.17) is 9.47 Å². The van der Waals surface area contributed by atoms with E-state index in [1.54, 1.807) is 6.07 Å². The zero-order valence-electron chi connectivity index (χ0n) is 12.5. The number of fused-ring (bicyclic) bond motifs is 1. The summed E-state index contributed by atoms with van der Waals surface area (Å²) in [6.45, 7) is 2.12. The summed E-state index contributed by atoms with van der Waals surface area (Å²) in [4.78, 5) is 12.3. The molecule has 2 aromatic carbocycles. The molecule has 120 valence electrons. The lowest BCUT2D eigenvalue weighted by atomic mass is 10.00. The highest BCUT2D eigenvalue weighted by Crippen LogP contribution is 2.39. The first-order chi connectivity index (χ1) is 11.1. The van der Waals surface area contributed by atoms with E-state index in [0.29, 0.717) is 17.9 Å². The molecule has 0 bridgehead atoms. The van der Waals surface area contributed by atoms with Gasteiger partial charge in [0.2, 0.25) is 0 Å². The Morgan fingerprint density at radius 1 is 1.30 bits per heavy atom. The molecule has 1 heterocycles. The largest absolute Gasteiger partial charge is 0.492 e. The highest BCUT2D eigenvalue weighted by molar-refractivity contribution is 9.09. The van der Waals surface area contributed by atoms with E-state index >= 15 is 0 Å². The Morgan fingerprint density at radius 3 is 2.78 bits per heavy atom. The Labute approximate surface area is 142 Å². The third-order valence-corrected chi connectivity index (χ3v) is 4.65. The molecule has 0 aromatic heterocycles. The van der Waals surface area contributed by atoms with Crippen LogP contribution in [0.15, 0.2) is 48.5 Å². The second-order valence-electron chi connectivity index (χ2n) is 5.50. The van der Waals surface area contributed by atoms with Crippen molar-refractivity contribution in [3.63, 3.8) is 0 Å². The van der Waals surface area contributed by atoms with Crippen molar-refractivity contribution in [1.29, 1.82) is 0 Å². The average Bonchev–Trinajstić information content (AvgIpc) is 2.57. The van der Waals surface area contributed by atoms with Gasteiger partial charge in [0.05, 0.1) is 10.7 Å². The third-order valence-electron chi connectivity index (χ3n) is 3.90. The van der Waals surface area contributed by atoms with E-state index in [0.717, 1.165) is 5.56 Å². The fourth-order valence-electron chi connectivity index (χ4n) is 2.56. The fourth-order valence-corrected chi connectivity index (χ4v) is 3.09. The van der Waals surface area contributed by atoms with Crippen molar-refractivity contribution in [2.24, 2.45) is 0 Å². The van der Waals surface area contributed by atoms with Gasteiger partial charge in [-0.3, -0.25) is 4.79 Å². The molecular formula is C18H16BrFO3. The van der Waals surface area contributed by atoms with Gasteiger partial charge >= 0.3 is 5.97 Å². The Hall–Kier alpha value is -1.88. The number of carbonyl (C=O) groups excluding carboxylic acids is 1. The summed E-state index contributed by atoms with van der Waals surface area (Å²) in [5.41, 5.74) is 1.57. The van der Waals surface area contributed by atoms with Crippen LogP contribution in [0.5, 0.6) is 5.75 Å². The smallest absolute Gasteiger partial charge is 0.313 e. The second-order valence-corrected chi connectivity index (χ2v) is 6.68. The van der Waals surface area contributed by atoms with E-state index in [1.165, 1.54) is 12.1 Å². The van der Waals surface area contributed by atoms with Crippen molar-refractivity contribution in [2.45, 2.75) is 23.8 Å². The summed E-state index contributed by atoms with van der Waals surface area (Å²) in [6, 6.07) is 13.7. The molecule has 0 radical (unpaired) electrons. The van der Waals surface area contributed by atoms with E-state index in [-0.39, 0.29) is 22.5 Å². The van der Waals surface area contributed by atoms with Crippen LogP contribution in [0.2, 0.25) is 0 Å². The summed E-state index contributed by atoms with van der Waals surface area (Å²) in [6.07, 6.45) is -0.502. The van der Waals surface area contributed by atoms with Gasteiger partial charge in [-0.15, -0.1) is 0 Å². The number of benzene rings is 2. The van der Waals surface area contributed by atoms with Crippen molar-refractivity contribution in [1.82, 2.24) is 0 Å². The van der Waals surface area contributed by atoms with Gasteiger partial charge in [-0.1, -0.05) is 46.3 Å². The minimum atomic E-state index is -0.502. The summed E-state index contributed by atoms with van der Waals surface area (Å²) in [5, 5.41) is 0. The average molecular weight is 379 g/mol. The van der Waals surface area contributed by atoms with Gasteiger partial charge in [0, 0.05) is 11.6 Å². The van der Waals surface area contributed by atoms with Crippen LogP contribution < -0.4 is 4.74 Å². The van der Waals surface area contributed by atoms with Gasteiger partial charge in [-0.05, 0) is 24.6 Å². The molecule has 0 aliphatic carbocycles. The molecule has 1 aliphatic heterocycles. The lowest BCUT2D eigenvalue weighted by Crippen LogP contribution is -2.30. The topological polar surface area (TPSA) is 35.5 Å². The minimum Gasteiger partial charge on any atom is -0.492 e. The predicted octanol–water partition coefficient (Wildman–Crippen LogP) is 4.37. The van der Waals surface area contributed by atoms with Crippen molar-refractivity contribution >= 4 is 21.9 Å². The van der Waals surface area contributed by atoms with Crippen molar-refractivity contribution in [3.8, 4) is 5.75 Å². The van der Waals surface area contributed by atoms with Gasteiger partial charge < -0.3 is 9.47 Å². The SMILES string of the molecule is C[C@@H](C(=O)O[C@H]1c2ccc(F)cc2OC[C@@H]1Br)c1ccccc1. The van der Waals surface area contributed by atoms with Crippen LogP contribution in [0.4, 0.5) is 4.39 Å². The van der Waals surface area contributed by atoms with Crippen LogP contribution >= 0.6 is 15.9 Å². The molecular weight excluding hydrogens is 363 g/mol. The van der Waals surface area contributed by atoms with Crippen LogP contribution in [0.25, 0.3) is 0 Å². The Kier molecular flexibility index (Phi) is 4.66. The second kappa shape index (κ2) is 6.71. The lowest BCUT2D eigenvalue weighted by molar-refractivity contribution is -0.151. The quantitative estimate of drug-likeness (QED) is 0.587. The van der Waals surface area contributed by atoms with Crippen molar-refractivity contribution < 1.29 is 18.7 Å². The summed E-state index contributed by atoms with van der Waals surface area (Å²) >= 11 is 3.48. The van der Waals surface area contributed by atoms with Crippen LogP contribution in [-0.2, 0) is 9.53 Å². The number of rotatable bonds is 3. The van der Waals surface area contributed by atoms with Crippen LogP contribution in [-0.4, -0.2) is 17.4 Å². The molecule has 0 spiro atoms. The monoisotopic (exact) mass is 378 g/mol. The molecule has 0 fully saturated rings. The number of hydrogen-bond donors (Lipinski definition) is 0. The predicted molar refractivity (Wildman–Crippen MR) is 88.3 cm³/mol. The first-order valence-electron chi connectivity index (χ1n) is 7.38. The molecule has 3 rings (SSSR count). The van der Waals surface area contributed by atoms with Crippen LogP contribution in [0, 0.1) is 5.82 Å². The molecule has 0 unspecified atom stereocenters. The van der Waals surface area contributed by atoms with Gasteiger partial charge in [0.1, 0.15) is 24.3 Å². The van der Waals surface area contributed by atoms with Crippen LogP contribution in [0.3, 0.4) is 0 Å². The normalized spacial score (nSPS) is 21.0. The molecule has 0 N–H and O–H groups in total. The molecule has 2 aromatic rings. The molecule has 23 heavy (non-hydrogen) atoms. The molecule has 0 amide bonds. The Balaban J connectivity index is 1.81. The van der Waals surface area contributed by atoms with E-state index < -0.39 is 6.10 Å². The van der Waals surface area contributed by atoms with Crippen molar-refractivity contribution in [3.05, 3.63) is 65.5 Å². The van der Waals surface area contributed by atoms with E-state index in [9.17, 15) is 9.18 Å². The first-order valence-corrected chi connectivity index (χ1v) is 8.29. The Bertz CT molecular complexity index is 705. The maximum absolute atomic E-state index is 13.3. The zero-order chi connectivity index (χ0) is 16.4. The molecule has 1 aliphatic rings. The highest BCUT2D eigenvalue weighted by atomic mass is 79.9. The number of hydrogen-bond acceptors (Lipinski definition) is 3. The van der Waals surface area contributed by atoms with Gasteiger partial charge in [0.25, 0.3) is 0 Å². The van der Waals surface area contributed by atoms with Crippen molar-refractivity contribution in [2.75, 3.05) is 6.61 Å². The Morgan fingerprint density at radius 2 is 2.04 bits per heavy atom. The van der Waals surface area contributed by atoms with E-state index in [2.05, 4.69) is 15.9 Å². The molecule has 3 nitrogen and oxygen atoms in total. The number of halogens is 2. The zero-order valence-corrected chi connectivity index (χ0v) is 14.1. The van der Waals surface area contributed by atoms with Gasteiger partial charge in [-0.25, -0.2) is 4.39 Å². The summed E-state index contributed by atoms with van der Waals surface area (Å²) in [5.74, 6) is -0.643. The highest BCUT2D eigenvalue weighted by Gasteiger charge is 2.34. The summed E-state index contributed by atoms with van der Waals surface area (Å²) < 4.78 is 24.5. The molecule has 5 heteroatoms. The van der Waals surface area contributed by atoms with Gasteiger partial charge in [0.15, 0.2) is 0 Å². The third kappa shape index (κ3) is 3.39. The number of esters is 1. The minimum absolute atomic E-state index is 0.174. The fraction of sp³-hybridized carbons (Fsp3) is 0.278. The molecule has 0 saturated carbocycles. The maximum Gasteiger partial charge on any atom is 0.313 e. The maximum atomic E-state index is 13.3. The standard InChI is InChI=1S/C18H16BrFO3/c1-11(12-5-3-2-4-6-12)18(21)23-17-14-8-7-13(20)9-16(14)22-10-15(17)19/h2-9,11,15,17H,10H2,1H3/t11-,15+,17+/m1/s1. The number of carbonyl (C=O) groups is 1. The lowest BCUT2D eigenvalue weighted by Gasteiger charge is -2.30. The molecule has 0 saturated heterocycles. The van der Waals surface area contributed by atoms with Crippen LogP contribution in [0.1, 0.15) is 30.1 Å². The summed E-state index contributed by atoms with van der Waals surface area (Å²) in [7, 11) is 0. The number of alkyl halides is 1. The number of ether oxygens (including phenoxy) is 2. The van der Waals surface area contributed by atoms with E-state index in [1.807, 2.05) is 37.3 Å². The molecule has 3 atom stereocenters. The first kappa shape index (κ1) is 16.0.